The average Bonchev–Trinajstić information content (AvgIpc) is 3.09. The van der Waals surface area contributed by atoms with Crippen LogP contribution in [0.4, 0.5) is 0 Å². The number of carbonyl (C=O) groups excluding carboxylic acids is 1. The van der Waals surface area contributed by atoms with Gasteiger partial charge in [-0.3, -0.25) is 4.79 Å². The number of nitrogens with zero attached hydrogens (tertiary/aromatic N) is 3. The van der Waals surface area contributed by atoms with Crippen molar-refractivity contribution >= 4 is 17.7 Å². The van der Waals surface area contributed by atoms with Crippen LogP contribution in [0.1, 0.15) is 52.4 Å². The summed E-state index contributed by atoms with van der Waals surface area (Å²) in [5, 5.41) is 13.0. The van der Waals surface area contributed by atoms with Gasteiger partial charge in [-0.25, -0.2) is 0 Å². The highest BCUT2D eigenvalue weighted by molar-refractivity contribution is 8.00. The van der Waals surface area contributed by atoms with Crippen LogP contribution in [-0.4, -0.2) is 31.5 Å². The molecule has 1 aromatic heterocycles. The molecule has 0 saturated heterocycles. The molecule has 1 heterocycles. The summed E-state index contributed by atoms with van der Waals surface area (Å²) in [4.78, 5) is 13.1. The quantitative estimate of drug-likeness (QED) is 0.711. The first-order chi connectivity index (χ1) is 14.0. The smallest absolute Gasteiger partial charge is 0.233 e. The summed E-state index contributed by atoms with van der Waals surface area (Å²) in [6, 6.07) is 10.1. The molecule has 0 spiro atoms. The molecule has 0 radical (unpaired) electrons. The molecule has 1 aromatic carbocycles. The van der Waals surface area contributed by atoms with Crippen molar-refractivity contribution < 1.29 is 4.79 Å². The van der Waals surface area contributed by atoms with Crippen molar-refractivity contribution in [2.24, 2.45) is 17.8 Å². The van der Waals surface area contributed by atoms with Crippen LogP contribution in [-0.2, 0) is 11.3 Å². The van der Waals surface area contributed by atoms with Crippen LogP contribution < -0.4 is 5.32 Å². The molecule has 6 rings (SSSR count). The van der Waals surface area contributed by atoms with E-state index in [-0.39, 0.29) is 16.7 Å². The van der Waals surface area contributed by atoms with Crippen molar-refractivity contribution in [2.45, 2.75) is 74.9 Å². The van der Waals surface area contributed by atoms with Crippen LogP contribution in [0.25, 0.3) is 11.4 Å². The lowest BCUT2D eigenvalue weighted by Crippen LogP contribution is -2.60. The van der Waals surface area contributed by atoms with Gasteiger partial charge in [0.15, 0.2) is 11.0 Å². The molecule has 4 aliphatic carbocycles. The third-order valence-corrected chi connectivity index (χ3v) is 8.22. The first kappa shape index (κ1) is 19.2. The Morgan fingerprint density at radius 1 is 1.14 bits per heavy atom. The van der Waals surface area contributed by atoms with Crippen LogP contribution in [0.2, 0.25) is 0 Å². The van der Waals surface area contributed by atoms with E-state index in [1.54, 1.807) is 0 Å². The SMILES string of the molecule is CCn1c(S[C@@H](C)C(=O)NC23CC4CC(CC(C4)C2)C3)nnc1-c1ccccc1. The average molecular weight is 411 g/mol. The van der Waals surface area contributed by atoms with Crippen molar-refractivity contribution in [1.29, 1.82) is 0 Å². The van der Waals surface area contributed by atoms with Crippen molar-refractivity contribution in [3.8, 4) is 11.4 Å². The second-order valence-electron chi connectivity index (χ2n) is 9.36. The predicted octanol–water partition coefficient (Wildman–Crippen LogP) is 4.53. The van der Waals surface area contributed by atoms with E-state index in [0.29, 0.717) is 0 Å². The Morgan fingerprint density at radius 2 is 1.76 bits per heavy atom. The number of hydrogen-bond acceptors (Lipinski definition) is 4. The van der Waals surface area contributed by atoms with Gasteiger partial charge in [0.1, 0.15) is 0 Å². The zero-order chi connectivity index (χ0) is 20.0. The maximum absolute atomic E-state index is 13.1. The monoisotopic (exact) mass is 410 g/mol. The zero-order valence-electron chi connectivity index (χ0n) is 17.3. The Labute approximate surface area is 177 Å². The second kappa shape index (κ2) is 7.46. The van der Waals surface area contributed by atoms with E-state index in [4.69, 9.17) is 0 Å². The lowest BCUT2D eigenvalue weighted by atomic mass is 9.53. The maximum atomic E-state index is 13.1. The molecule has 5 nitrogen and oxygen atoms in total. The standard InChI is InChI=1S/C23H30N4OS/c1-3-27-20(19-7-5-4-6-8-19)25-26-22(27)29-15(2)21(28)24-23-12-16-9-17(13-23)11-18(10-16)14-23/h4-8,15-18H,3,9-14H2,1-2H3,(H,24,28)/t15-,16?,17?,18?,23?/m0/s1. The predicted molar refractivity (Wildman–Crippen MR) is 115 cm³/mol. The molecule has 0 aliphatic heterocycles. The van der Waals surface area contributed by atoms with Gasteiger partial charge in [-0.1, -0.05) is 42.1 Å². The highest BCUT2D eigenvalue weighted by atomic mass is 32.2. The van der Waals surface area contributed by atoms with Gasteiger partial charge in [0, 0.05) is 17.6 Å². The molecule has 154 valence electrons. The Bertz CT molecular complexity index is 858. The van der Waals surface area contributed by atoms with Crippen molar-refractivity contribution in [3.63, 3.8) is 0 Å². The van der Waals surface area contributed by atoms with Gasteiger partial charge in [0.2, 0.25) is 5.91 Å². The summed E-state index contributed by atoms with van der Waals surface area (Å²) in [6.07, 6.45) is 7.73. The number of nitrogens with one attached hydrogen (secondary N) is 1. The second-order valence-corrected chi connectivity index (χ2v) is 10.7. The Morgan fingerprint density at radius 3 is 2.34 bits per heavy atom. The summed E-state index contributed by atoms with van der Waals surface area (Å²) >= 11 is 1.52. The summed E-state index contributed by atoms with van der Waals surface area (Å²) in [5.74, 6) is 3.52. The third kappa shape index (κ3) is 3.60. The Balaban J connectivity index is 1.29. The lowest BCUT2D eigenvalue weighted by Gasteiger charge is -2.57. The molecular formula is C23H30N4OS. The third-order valence-electron chi connectivity index (χ3n) is 7.14. The van der Waals surface area contributed by atoms with Crippen molar-refractivity contribution in [3.05, 3.63) is 30.3 Å². The van der Waals surface area contributed by atoms with Crippen LogP contribution in [0.5, 0.6) is 0 Å². The van der Waals surface area contributed by atoms with Gasteiger partial charge < -0.3 is 9.88 Å². The minimum atomic E-state index is -0.180. The highest BCUT2D eigenvalue weighted by Crippen LogP contribution is 2.55. The van der Waals surface area contributed by atoms with E-state index < -0.39 is 0 Å². The largest absolute Gasteiger partial charge is 0.350 e. The molecule has 0 unspecified atom stereocenters. The minimum Gasteiger partial charge on any atom is -0.350 e. The van der Waals surface area contributed by atoms with Crippen LogP contribution in [0.3, 0.4) is 0 Å². The number of aromatic nitrogens is 3. The van der Waals surface area contributed by atoms with Gasteiger partial charge in [0.25, 0.3) is 0 Å². The first-order valence-electron chi connectivity index (χ1n) is 11.0. The van der Waals surface area contributed by atoms with E-state index in [1.165, 1.54) is 50.3 Å². The van der Waals surface area contributed by atoms with Gasteiger partial charge in [-0.2, -0.15) is 0 Å². The number of amides is 1. The number of rotatable bonds is 6. The summed E-state index contributed by atoms with van der Waals surface area (Å²) < 4.78 is 2.11. The van der Waals surface area contributed by atoms with E-state index >= 15 is 0 Å². The fraction of sp³-hybridized carbons (Fsp3) is 0.609. The van der Waals surface area contributed by atoms with E-state index in [0.717, 1.165) is 40.8 Å². The minimum absolute atomic E-state index is 0.0638. The summed E-state index contributed by atoms with van der Waals surface area (Å²) in [6.45, 7) is 4.88. The molecule has 1 atom stereocenters. The molecule has 4 fully saturated rings. The van der Waals surface area contributed by atoms with Gasteiger partial charge in [0.05, 0.1) is 5.25 Å². The molecule has 6 heteroatoms. The van der Waals surface area contributed by atoms with Crippen LogP contribution >= 0.6 is 11.8 Å². The first-order valence-corrected chi connectivity index (χ1v) is 11.9. The lowest BCUT2D eigenvalue weighted by molar-refractivity contribution is -0.126. The zero-order valence-corrected chi connectivity index (χ0v) is 18.1. The molecule has 1 amide bonds. The molecule has 4 aliphatic rings. The normalized spacial score (nSPS) is 31.0. The van der Waals surface area contributed by atoms with Crippen LogP contribution in [0.15, 0.2) is 35.5 Å². The van der Waals surface area contributed by atoms with Crippen molar-refractivity contribution in [2.75, 3.05) is 0 Å². The summed E-state index contributed by atoms with van der Waals surface area (Å²) in [7, 11) is 0. The molecule has 4 bridgehead atoms. The summed E-state index contributed by atoms with van der Waals surface area (Å²) in [5.41, 5.74) is 1.12. The van der Waals surface area contributed by atoms with E-state index in [2.05, 4.69) is 27.0 Å². The number of benzene rings is 1. The molecule has 29 heavy (non-hydrogen) atoms. The number of hydrogen-bond donors (Lipinski definition) is 1. The molecular weight excluding hydrogens is 380 g/mol. The van der Waals surface area contributed by atoms with Crippen LogP contribution in [0, 0.1) is 17.8 Å². The highest BCUT2D eigenvalue weighted by Gasteiger charge is 2.51. The fourth-order valence-electron chi connectivity index (χ4n) is 6.30. The van der Waals surface area contributed by atoms with Gasteiger partial charge in [-0.05, 0) is 70.1 Å². The fourth-order valence-corrected chi connectivity index (χ4v) is 7.21. The van der Waals surface area contributed by atoms with Gasteiger partial charge in [-0.15, -0.1) is 10.2 Å². The molecule has 2 aromatic rings. The molecule has 4 saturated carbocycles. The number of thioether (sulfide) groups is 1. The van der Waals surface area contributed by atoms with E-state index in [9.17, 15) is 4.79 Å². The van der Waals surface area contributed by atoms with E-state index in [1.807, 2.05) is 37.3 Å². The van der Waals surface area contributed by atoms with Gasteiger partial charge >= 0.3 is 0 Å². The number of carbonyl (C=O) groups is 1. The maximum Gasteiger partial charge on any atom is 0.233 e. The molecule has 1 N–H and O–H groups in total. The topological polar surface area (TPSA) is 59.8 Å². The van der Waals surface area contributed by atoms with Crippen molar-refractivity contribution in [1.82, 2.24) is 20.1 Å². The Kier molecular flexibility index (Phi) is 4.93. The Hall–Kier alpha value is -1.82.